The Morgan fingerprint density at radius 1 is 1.75 bits per heavy atom. The molecule has 0 fully saturated rings. The molecule has 0 aliphatic rings. The third kappa shape index (κ3) is 5.21. The number of allylic oxidation sites excluding steroid dienone is 1. The molecule has 0 unspecified atom stereocenters. The van der Waals surface area contributed by atoms with Crippen LogP contribution in [0.25, 0.3) is 0 Å². The van der Waals surface area contributed by atoms with Gasteiger partial charge in [0.1, 0.15) is 0 Å². The standard InChI is InChI=1S/C6H10NO/c1-2-3-4-5-7-6-8/h2-3H,4-5H2,1H3,(H,7,8). The Morgan fingerprint density at radius 2 is 2.50 bits per heavy atom. The topological polar surface area (TPSA) is 29.1 Å². The van der Waals surface area contributed by atoms with E-state index in [2.05, 4.69) is 5.32 Å². The van der Waals surface area contributed by atoms with E-state index in [-0.39, 0.29) is 0 Å². The van der Waals surface area contributed by atoms with Crippen molar-refractivity contribution in [3.05, 3.63) is 12.2 Å². The fraction of sp³-hybridized carbons (Fsp3) is 0.500. The lowest BCUT2D eigenvalue weighted by molar-refractivity contribution is 0.542. The molecule has 0 aromatic carbocycles. The summed E-state index contributed by atoms with van der Waals surface area (Å²) in [5.74, 6) is 0. The highest BCUT2D eigenvalue weighted by Crippen LogP contribution is 1.76. The molecule has 0 saturated carbocycles. The molecular formula is C6H10NO. The van der Waals surface area contributed by atoms with Gasteiger partial charge in [-0.3, -0.25) is 4.79 Å². The fourth-order valence-corrected chi connectivity index (χ4v) is 0.373. The van der Waals surface area contributed by atoms with E-state index in [1.165, 1.54) is 0 Å². The Bertz CT molecular complexity index is 78.6. The average molecular weight is 112 g/mol. The van der Waals surface area contributed by atoms with Crippen LogP contribution in [0, 0.1) is 0 Å². The first kappa shape index (κ1) is 7.21. The van der Waals surface area contributed by atoms with E-state index in [0.29, 0.717) is 6.54 Å². The van der Waals surface area contributed by atoms with Gasteiger partial charge in [-0.15, -0.1) is 0 Å². The summed E-state index contributed by atoms with van der Waals surface area (Å²) in [5.41, 5.74) is 0. The smallest absolute Gasteiger partial charge is 0.309 e. The first-order valence-electron chi connectivity index (χ1n) is 2.63. The summed E-state index contributed by atoms with van der Waals surface area (Å²) < 4.78 is 0. The second-order valence-corrected chi connectivity index (χ2v) is 1.39. The molecule has 45 valence electrons. The second kappa shape index (κ2) is 6.21. The van der Waals surface area contributed by atoms with Crippen LogP contribution in [-0.2, 0) is 4.79 Å². The van der Waals surface area contributed by atoms with E-state index in [1.54, 1.807) is 6.41 Å². The summed E-state index contributed by atoms with van der Waals surface area (Å²) in [6.45, 7) is 2.64. The quantitative estimate of drug-likeness (QED) is 0.322. The van der Waals surface area contributed by atoms with Gasteiger partial charge in [-0.05, 0) is 13.3 Å². The van der Waals surface area contributed by atoms with Crippen molar-refractivity contribution >= 4 is 6.41 Å². The van der Waals surface area contributed by atoms with Gasteiger partial charge < -0.3 is 5.32 Å². The van der Waals surface area contributed by atoms with Gasteiger partial charge in [-0.25, -0.2) is 0 Å². The van der Waals surface area contributed by atoms with Gasteiger partial charge in [0.2, 0.25) is 0 Å². The summed E-state index contributed by atoms with van der Waals surface area (Å²) in [6, 6.07) is 0. The van der Waals surface area contributed by atoms with Crippen LogP contribution >= 0.6 is 0 Å². The molecule has 0 saturated heterocycles. The van der Waals surface area contributed by atoms with Crippen LogP contribution in [0.3, 0.4) is 0 Å². The average Bonchev–Trinajstić information content (AvgIpc) is 1.81. The van der Waals surface area contributed by atoms with Crippen LogP contribution < -0.4 is 5.32 Å². The van der Waals surface area contributed by atoms with Crippen molar-refractivity contribution in [2.45, 2.75) is 13.3 Å². The summed E-state index contributed by atoms with van der Waals surface area (Å²) in [6.07, 6.45) is 6.43. The van der Waals surface area contributed by atoms with Crippen molar-refractivity contribution in [2.24, 2.45) is 0 Å². The zero-order chi connectivity index (χ0) is 6.24. The number of nitrogens with one attached hydrogen (secondary N) is 1. The highest BCUT2D eigenvalue weighted by Gasteiger charge is 1.75. The molecule has 0 aliphatic heterocycles. The number of carbonyl (C=O) groups excluding carboxylic acids is 1. The molecule has 2 heteroatoms. The summed E-state index contributed by atoms with van der Waals surface area (Å²) in [5, 5.41) is 2.43. The first-order chi connectivity index (χ1) is 3.91. The SMILES string of the molecule is CC=CCCN[C]=O. The molecule has 8 heavy (non-hydrogen) atoms. The van der Waals surface area contributed by atoms with Gasteiger partial charge in [0.15, 0.2) is 0 Å². The predicted molar refractivity (Wildman–Crippen MR) is 33.1 cm³/mol. The van der Waals surface area contributed by atoms with Crippen molar-refractivity contribution in [3.8, 4) is 0 Å². The summed E-state index contributed by atoms with van der Waals surface area (Å²) in [7, 11) is 0. The molecule has 0 bridgehead atoms. The minimum absolute atomic E-state index is 0.688. The van der Waals surface area contributed by atoms with E-state index < -0.39 is 0 Å². The first-order valence-corrected chi connectivity index (χ1v) is 2.63. The van der Waals surface area contributed by atoms with Crippen LogP contribution in [-0.4, -0.2) is 13.0 Å². The Morgan fingerprint density at radius 3 is 3.00 bits per heavy atom. The number of hydrogen-bond acceptors (Lipinski definition) is 1. The third-order valence-electron chi connectivity index (χ3n) is 0.744. The lowest BCUT2D eigenvalue weighted by atomic mass is 10.4. The largest absolute Gasteiger partial charge is 0.348 e. The van der Waals surface area contributed by atoms with Gasteiger partial charge in [0.25, 0.3) is 0 Å². The molecule has 0 heterocycles. The normalized spacial score (nSPS) is 9.62. The highest BCUT2D eigenvalue weighted by molar-refractivity contribution is 5.46. The van der Waals surface area contributed by atoms with Crippen LogP contribution in [0.4, 0.5) is 0 Å². The van der Waals surface area contributed by atoms with Crippen molar-refractivity contribution in [1.29, 1.82) is 0 Å². The van der Waals surface area contributed by atoms with E-state index in [1.807, 2.05) is 19.1 Å². The number of rotatable bonds is 4. The van der Waals surface area contributed by atoms with Crippen molar-refractivity contribution in [2.75, 3.05) is 6.54 Å². The molecule has 2 nitrogen and oxygen atoms in total. The zero-order valence-electron chi connectivity index (χ0n) is 4.98. The van der Waals surface area contributed by atoms with Gasteiger partial charge in [0, 0.05) is 6.54 Å². The summed E-state index contributed by atoms with van der Waals surface area (Å²) in [4.78, 5) is 9.51. The van der Waals surface area contributed by atoms with Gasteiger partial charge in [0.05, 0.1) is 0 Å². The Hall–Kier alpha value is -0.790. The van der Waals surface area contributed by atoms with Gasteiger partial charge in [-0.1, -0.05) is 12.2 Å². The lowest BCUT2D eigenvalue weighted by Gasteiger charge is -1.87. The van der Waals surface area contributed by atoms with Gasteiger partial charge in [-0.2, -0.15) is 0 Å². The van der Waals surface area contributed by atoms with Crippen molar-refractivity contribution in [3.63, 3.8) is 0 Å². The molecule has 0 atom stereocenters. The van der Waals surface area contributed by atoms with E-state index in [9.17, 15) is 4.79 Å². The molecule has 1 radical (unpaired) electrons. The second-order valence-electron chi connectivity index (χ2n) is 1.39. The van der Waals surface area contributed by atoms with E-state index in [0.717, 1.165) is 6.42 Å². The van der Waals surface area contributed by atoms with E-state index in [4.69, 9.17) is 0 Å². The minimum Gasteiger partial charge on any atom is -0.348 e. The molecule has 1 N–H and O–H groups in total. The minimum atomic E-state index is 0.688. The lowest BCUT2D eigenvalue weighted by Crippen LogP contribution is -2.10. The number of hydrogen-bond donors (Lipinski definition) is 1. The predicted octanol–water partition coefficient (Wildman–Crippen LogP) is 0.609. The molecular weight excluding hydrogens is 102 g/mol. The monoisotopic (exact) mass is 112 g/mol. The Balaban J connectivity index is 2.82. The molecule has 0 aromatic rings. The number of amides is 1. The molecule has 0 aromatic heterocycles. The molecule has 0 aliphatic carbocycles. The molecule has 0 spiro atoms. The van der Waals surface area contributed by atoms with Crippen molar-refractivity contribution in [1.82, 2.24) is 5.32 Å². The zero-order valence-corrected chi connectivity index (χ0v) is 4.98. The van der Waals surface area contributed by atoms with Crippen LogP contribution in [0.2, 0.25) is 0 Å². The maximum absolute atomic E-state index is 9.51. The maximum atomic E-state index is 9.51. The van der Waals surface area contributed by atoms with Crippen LogP contribution in [0.1, 0.15) is 13.3 Å². The van der Waals surface area contributed by atoms with Crippen LogP contribution in [0.15, 0.2) is 12.2 Å². The molecule has 1 amide bonds. The van der Waals surface area contributed by atoms with Crippen LogP contribution in [0.5, 0.6) is 0 Å². The summed E-state index contributed by atoms with van der Waals surface area (Å²) >= 11 is 0. The Kier molecular flexibility index (Phi) is 5.60. The fourth-order valence-electron chi connectivity index (χ4n) is 0.373. The molecule has 0 rings (SSSR count). The maximum Gasteiger partial charge on any atom is 0.309 e. The Labute approximate surface area is 49.6 Å². The van der Waals surface area contributed by atoms with Crippen molar-refractivity contribution < 1.29 is 4.79 Å². The van der Waals surface area contributed by atoms with Gasteiger partial charge >= 0.3 is 6.41 Å². The van der Waals surface area contributed by atoms with E-state index >= 15 is 0 Å². The highest BCUT2D eigenvalue weighted by atomic mass is 16.1. The third-order valence-corrected chi connectivity index (χ3v) is 0.744.